The average Bonchev–Trinajstić information content (AvgIpc) is 3.43. The first kappa shape index (κ1) is 20.9. The van der Waals surface area contributed by atoms with Crippen LogP contribution in [0.4, 0.5) is 0 Å². The van der Waals surface area contributed by atoms with Gasteiger partial charge in [-0.25, -0.2) is 0 Å². The van der Waals surface area contributed by atoms with Crippen molar-refractivity contribution in [2.45, 2.75) is 25.3 Å². The number of amides is 1. The molecule has 4 rings (SSSR count). The van der Waals surface area contributed by atoms with E-state index in [9.17, 15) is 4.79 Å². The summed E-state index contributed by atoms with van der Waals surface area (Å²) in [5.74, 6) is 1.56. The number of rotatable bonds is 8. The van der Waals surface area contributed by atoms with Gasteiger partial charge in [-0.15, -0.1) is 21.5 Å². The predicted molar refractivity (Wildman–Crippen MR) is 117 cm³/mol. The lowest BCUT2D eigenvalue weighted by Gasteiger charge is -2.34. The Morgan fingerprint density at radius 1 is 1.20 bits per heavy atom. The molecule has 0 aliphatic carbocycles. The Hall–Kier alpha value is -2.36. The van der Waals surface area contributed by atoms with E-state index in [1.165, 1.54) is 16.6 Å². The molecule has 1 aliphatic rings. The van der Waals surface area contributed by atoms with Crippen molar-refractivity contribution in [2.75, 3.05) is 31.9 Å². The Kier molecular flexibility index (Phi) is 7.03. The molecule has 0 N–H and O–H groups in total. The lowest BCUT2D eigenvalue weighted by Crippen LogP contribution is -2.48. The van der Waals surface area contributed by atoms with E-state index in [-0.39, 0.29) is 12.5 Å². The lowest BCUT2D eigenvalue weighted by atomic mass is 10.2. The van der Waals surface area contributed by atoms with Gasteiger partial charge < -0.3 is 14.1 Å². The highest BCUT2D eigenvalue weighted by atomic mass is 32.2. The number of aromatic nitrogens is 2. The van der Waals surface area contributed by atoms with Gasteiger partial charge >= 0.3 is 0 Å². The van der Waals surface area contributed by atoms with Crippen molar-refractivity contribution >= 4 is 29.0 Å². The Morgan fingerprint density at radius 2 is 2.07 bits per heavy atom. The largest absolute Gasteiger partial charge is 0.484 e. The van der Waals surface area contributed by atoms with Crippen LogP contribution < -0.4 is 4.74 Å². The number of benzene rings is 1. The van der Waals surface area contributed by atoms with Gasteiger partial charge in [-0.1, -0.05) is 30.0 Å². The zero-order valence-electron chi connectivity index (χ0n) is 16.8. The fraction of sp³-hybridized carbons (Fsp3) is 0.381. The number of thiophene rings is 1. The van der Waals surface area contributed by atoms with E-state index >= 15 is 0 Å². The zero-order chi connectivity index (χ0) is 20.8. The molecule has 1 aliphatic heterocycles. The van der Waals surface area contributed by atoms with Gasteiger partial charge in [0.2, 0.25) is 5.91 Å². The molecule has 30 heavy (non-hydrogen) atoms. The van der Waals surface area contributed by atoms with Gasteiger partial charge in [-0.2, -0.15) is 0 Å². The Labute approximate surface area is 184 Å². The molecule has 7 nitrogen and oxygen atoms in total. The highest BCUT2D eigenvalue weighted by Crippen LogP contribution is 2.20. The predicted octanol–water partition coefficient (Wildman–Crippen LogP) is 3.46. The lowest BCUT2D eigenvalue weighted by molar-refractivity contribution is -0.130. The first-order valence-corrected chi connectivity index (χ1v) is 11.7. The van der Waals surface area contributed by atoms with Crippen molar-refractivity contribution in [3.8, 4) is 5.75 Å². The fourth-order valence-corrected chi connectivity index (χ4v) is 4.63. The molecule has 0 radical (unpaired) electrons. The molecular formula is C21H24N4O3S2. The summed E-state index contributed by atoms with van der Waals surface area (Å²) in [7, 11) is 0. The van der Waals surface area contributed by atoms with Crippen molar-refractivity contribution < 1.29 is 13.9 Å². The summed E-state index contributed by atoms with van der Waals surface area (Å²) < 4.78 is 11.3. The van der Waals surface area contributed by atoms with Gasteiger partial charge in [0, 0.05) is 37.6 Å². The molecule has 2 aromatic heterocycles. The van der Waals surface area contributed by atoms with Gasteiger partial charge in [0.1, 0.15) is 5.75 Å². The highest BCUT2D eigenvalue weighted by molar-refractivity contribution is 7.99. The molecule has 0 unspecified atom stereocenters. The molecule has 0 spiro atoms. The minimum absolute atomic E-state index is 0.103. The third-order valence-electron chi connectivity index (χ3n) is 4.80. The molecule has 1 amide bonds. The second-order valence-corrected chi connectivity index (χ2v) is 9.05. The maximum atomic E-state index is 12.5. The van der Waals surface area contributed by atoms with E-state index in [1.54, 1.807) is 11.3 Å². The molecule has 1 fully saturated rings. The van der Waals surface area contributed by atoms with Crippen molar-refractivity contribution in [3.63, 3.8) is 0 Å². The Bertz CT molecular complexity index is 953. The summed E-state index contributed by atoms with van der Waals surface area (Å²) >= 11 is 3.05. The van der Waals surface area contributed by atoms with E-state index in [0.29, 0.717) is 16.9 Å². The standard InChI is InChI=1S/C21H24N4O3S2/c1-16-4-2-5-17(12-16)27-14-19-22-23-21(28-19)30-15-20(26)25-9-7-24(8-10-25)13-18-6-3-11-29-18/h2-6,11-12H,7-10,13-15H2,1H3. The van der Waals surface area contributed by atoms with Crippen LogP contribution in [-0.4, -0.2) is 57.8 Å². The normalized spacial score (nSPS) is 14.8. The molecule has 3 aromatic rings. The number of hydrogen-bond donors (Lipinski definition) is 0. The molecule has 158 valence electrons. The maximum Gasteiger partial charge on any atom is 0.277 e. The average molecular weight is 445 g/mol. The number of piperazine rings is 1. The molecule has 0 bridgehead atoms. The van der Waals surface area contributed by atoms with Crippen LogP contribution in [0.25, 0.3) is 0 Å². The molecule has 0 atom stereocenters. The van der Waals surface area contributed by atoms with Crippen LogP contribution in [0.3, 0.4) is 0 Å². The van der Waals surface area contributed by atoms with Crippen molar-refractivity contribution in [3.05, 3.63) is 58.1 Å². The van der Waals surface area contributed by atoms with Crippen LogP contribution >= 0.6 is 23.1 Å². The van der Waals surface area contributed by atoms with E-state index in [0.717, 1.165) is 44.0 Å². The number of nitrogens with zero attached hydrogens (tertiary/aromatic N) is 4. The summed E-state index contributed by atoms with van der Waals surface area (Å²) in [5, 5.41) is 10.5. The summed E-state index contributed by atoms with van der Waals surface area (Å²) in [5.41, 5.74) is 1.13. The second-order valence-electron chi connectivity index (χ2n) is 7.09. The summed E-state index contributed by atoms with van der Waals surface area (Å²) in [6.07, 6.45) is 0. The molecule has 1 aromatic carbocycles. The highest BCUT2D eigenvalue weighted by Gasteiger charge is 2.22. The SMILES string of the molecule is Cc1cccc(OCc2nnc(SCC(=O)N3CCN(Cc4cccs4)CC3)o2)c1. The van der Waals surface area contributed by atoms with E-state index < -0.39 is 0 Å². The number of hydrogen-bond acceptors (Lipinski definition) is 8. The molecule has 1 saturated heterocycles. The van der Waals surface area contributed by atoms with Crippen molar-refractivity contribution in [2.24, 2.45) is 0 Å². The Balaban J connectivity index is 1.18. The maximum absolute atomic E-state index is 12.5. The molecule has 3 heterocycles. The number of thioether (sulfide) groups is 1. The topological polar surface area (TPSA) is 71.7 Å². The van der Waals surface area contributed by atoms with Crippen LogP contribution in [0.5, 0.6) is 5.75 Å². The van der Waals surface area contributed by atoms with E-state index in [1.807, 2.05) is 36.1 Å². The van der Waals surface area contributed by atoms with Crippen molar-refractivity contribution in [1.29, 1.82) is 0 Å². The van der Waals surface area contributed by atoms with Crippen LogP contribution in [-0.2, 0) is 17.9 Å². The Morgan fingerprint density at radius 3 is 2.83 bits per heavy atom. The minimum Gasteiger partial charge on any atom is -0.484 e. The third kappa shape index (κ3) is 5.84. The van der Waals surface area contributed by atoms with Gasteiger partial charge in [0.25, 0.3) is 11.1 Å². The first-order valence-electron chi connectivity index (χ1n) is 9.83. The third-order valence-corrected chi connectivity index (χ3v) is 6.47. The van der Waals surface area contributed by atoms with Crippen LogP contribution in [0, 0.1) is 6.92 Å². The van der Waals surface area contributed by atoms with Crippen LogP contribution in [0.1, 0.15) is 16.3 Å². The zero-order valence-corrected chi connectivity index (χ0v) is 18.5. The minimum atomic E-state index is 0.103. The van der Waals surface area contributed by atoms with Gasteiger partial charge in [0.15, 0.2) is 6.61 Å². The smallest absolute Gasteiger partial charge is 0.277 e. The number of aryl methyl sites for hydroxylation is 1. The van der Waals surface area contributed by atoms with Gasteiger partial charge in [-0.05, 0) is 36.1 Å². The molecule has 9 heteroatoms. The molecule has 0 saturated carbocycles. The number of ether oxygens (including phenoxy) is 1. The van der Waals surface area contributed by atoms with Crippen molar-refractivity contribution in [1.82, 2.24) is 20.0 Å². The van der Waals surface area contributed by atoms with Crippen LogP contribution in [0.2, 0.25) is 0 Å². The van der Waals surface area contributed by atoms with Gasteiger partial charge in [-0.3, -0.25) is 9.69 Å². The van der Waals surface area contributed by atoms with E-state index in [2.05, 4.69) is 32.6 Å². The monoisotopic (exact) mass is 444 g/mol. The summed E-state index contributed by atoms with van der Waals surface area (Å²) in [6.45, 7) is 6.48. The van der Waals surface area contributed by atoms with E-state index in [4.69, 9.17) is 9.15 Å². The summed E-state index contributed by atoms with van der Waals surface area (Å²) in [4.78, 5) is 18.2. The van der Waals surface area contributed by atoms with Crippen LogP contribution in [0.15, 0.2) is 51.4 Å². The first-order chi connectivity index (χ1) is 14.7. The molecular weight excluding hydrogens is 420 g/mol. The fourth-order valence-electron chi connectivity index (χ4n) is 3.20. The summed E-state index contributed by atoms with van der Waals surface area (Å²) in [6, 6.07) is 12.0. The number of carbonyl (C=O) groups is 1. The second kappa shape index (κ2) is 10.1. The quantitative estimate of drug-likeness (QED) is 0.493. The van der Waals surface area contributed by atoms with Gasteiger partial charge in [0.05, 0.1) is 5.75 Å². The number of carbonyl (C=O) groups excluding carboxylic acids is 1.